The van der Waals surface area contributed by atoms with Gasteiger partial charge < -0.3 is 19.2 Å². The number of hydrogen-bond acceptors (Lipinski definition) is 7. The quantitative estimate of drug-likeness (QED) is 0.230. The van der Waals surface area contributed by atoms with Gasteiger partial charge in [-0.25, -0.2) is 4.68 Å². The number of benzene rings is 3. The Hall–Kier alpha value is -4.61. The fourth-order valence-corrected chi connectivity index (χ4v) is 5.66. The summed E-state index contributed by atoms with van der Waals surface area (Å²) in [6.07, 6.45) is -2.13. The first-order valence-electron chi connectivity index (χ1n) is 14.3. The number of alkyl halides is 3. The first-order valence-corrected chi connectivity index (χ1v) is 14.3. The Kier molecular flexibility index (Phi) is 7.91. The van der Waals surface area contributed by atoms with E-state index in [1.165, 1.54) is 23.1 Å². The van der Waals surface area contributed by atoms with Gasteiger partial charge in [-0.1, -0.05) is 55.5 Å². The maximum atomic E-state index is 14.6. The summed E-state index contributed by atoms with van der Waals surface area (Å²) in [5, 5.41) is 15.6. The van der Waals surface area contributed by atoms with Gasteiger partial charge in [-0.05, 0) is 42.8 Å². The van der Waals surface area contributed by atoms with E-state index in [1.54, 1.807) is 31.2 Å². The molecule has 0 radical (unpaired) electrons. The predicted molar refractivity (Wildman–Crippen MR) is 160 cm³/mol. The van der Waals surface area contributed by atoms with Gasteiger partial charge in [0.1, 0.15) is 11.3 Å². The Bertz CT molecular complexity index is 1830. The van der Waals surface area contributed by atoms with Crippen molar-refractivity contribution < 1.29 is 27.4 Å². The van der Waals surface area contributed by atoms with E-state index in [0.717, 1.165) is 18.7 Å². The van der Waals surface area contributed by atoms with Crippen LogP contribution in [0.25, 0.3) is 16.7 Å². The number of likely N-dealkylation sites (N-methyl/N-ethyl adjacent to an activating group) is 1. The number of ether oxygens (including phenoxy) is 1. The van der Waals surface area contributed by atoms with Crippen molar-refractivity contribution in [2.45, 2.75) is 25.6 Å². The van der Waals surface area contributed by atoms with Crippen molar-refractivity contribution in [1.82, 2.24) is 19.6 Å². The van der Waals surface area contributed by atoms with Crippen molar-refractivity contribution in [3.8, 4) is 22.9 Å². The molecule has 8 nitrogen and oxygen atoms in total. The van der Waals surface area contributed by atoms with Gasteiger partial charge in [0.25, 0.3) is 5.76 Å². The number of fused-ring (bicyclic) bond motifs is 1. The van der Waals surface area contributed by atoms with Crippen LogP contribution in [0.4, 0.5) is 13.2 Å². The number of para-hydroxylation sites is 1. The summed E-state index contributed by atoms with van der Waals surface area (Å²) in [5.74, 6) is -2.84. The average Bonchev–Trinajstić information content (AvgIpc) is 3.49. The topological polar surface area (TPSA) is 84.0 Å². The van der Waals surface area contributed by atoms with Crippen LogP contribution in [0, 0.1) is 0 Å². The number of piperazine rings is 1. The number of phenolic OH excluding ortho intramolecular Hbond substituents is 1. The molecule has 11 heteroatoms. The second kappa shape index (κ2) is 11.8. The van der Waals surface area contributed by atoms with Crippen molar-refractivity contribution in [3.05, 3.63) is 112 Å². The molecule has 0 saturated carbocycles. The van der Waals surface area contributed by atoms with Crippen LogP contribution in [0.3, 0.4) is 0 Å². The fourth-order valence-electron chi connectivity index (χ4n) is 5.66. The zero-order chi connectivity index (χ0) is 31.0. The van der Waals surface area contributed by atoms with Crippen molar-refractivity contribution in [2.24, 2.45) is 0 Å². The minimum atomic E-state index is -5.08. The molecule has 1 saturated heterocycles. The summed E-state index contributed by atoms with van der Waals surface area (Å²) in [6, 6.07) is 18.9. The molecule has 44 heavy (non-hydrogen) atoms. The highest BCUT2D eigenvalue weighted by Crippen LogP contribution is 2.45. The van der Waals surface area contributed by atoms with E-state index in [0.29, 0.717) is 30.8 Å². The predicted octanol–water partition coefficient (Wildman–Crippen LogP) is 6.39. The van der Waals surface area contributed by atoms with Crippen LogP contribution in [-0.4, -0.2) is 57.9 Å². The van der Waals surface area contributed by atoms with Crippen LogP contribution >= 0.6 is 0 Å². The molecule has 2 aromatic heterocycles. The lowest BCUT2D eigenvalue weighted by Crippen LogP contribution is -2.46. The maximum Gasteiger partial charge on any atom is 0.453 e. The lowest BCUT2D eigenvalue weighted by atomic mass is 9.91. The maximum absolute atomic E-state index is 14.6. The Morgan fingerprint density at radius 2 is 1.68 bits per heavy atom. The van der Waals surface area contributed by atoms with Crippen LogP contribution in [-0.2, 0) is 12.6 Å². The molecule has 5 aromatic rings. The lowest BCUT2D eigenvalue weighted by molar-refractivity contribution is -0.154. The molecule has 0 unspecified atom stereocenters. The van der Waals surface area contributed by atoms with E-state index in [4.69, 9.17) is 9.15 Å². The summed E-state index contributed by atoms with van der Waals surface area (Å²) in [6.45, 7) is 4.44. The van der Waals surface area contributed by atoms with E-state index < -0.39 is 29.2 Å². The second-order valence-corrected chi connectivity index (χ2v) is 10.8. The van der Waals surface area contributed by atoms with E-state index in [-0.39, 0.29) is 28.0 Å². The number of aromatic nitrogens is 2. The third kappa shape index (κ3) is 5.56. The smallest absolute Gasteiger partial charge is 0.453 e. The number of phenols is 1. The summed E-state index contributed by atoms with van der Waals surface area (Å²) < 4.78 is 56.5. The summed E-state index contributed by atoms with van der Waals surface area (Å²) >= 11 is 0. The summed E-state index contributed by atoms with van der Waals surface area (Å²) in [4.78, 5) is 18.2. The molecule has 0 bridgehead atoms. The molecule has 228 valence electrons. The Morgan fingerprint density at radius 1 is 1.02 bits per heavy atom. The Labute approximate surface area is 251 Å². The molecule has 1 aliphatic heterocycles. The molecular formula is C33H31F3N4O4. The first-order chi connectivity index (χ1) is 21.2. The van der Waals surface area contributed by atoms with Gasteiger partial charge in [-0.2, -0.15) is 18.3 Å². The van der Waals surface area contributed by atoms with Crippen molar-refractivity contribution in [3.63, 3.8) is 0 Å². The van der Waals surface area contributed by atoms with Gasteiger partial charge in [0.2, 0.25) is 11.2 Å². The Morgan fingerprint density at radius 3 is 2.32 bits per heavy atom. The molecule has 6 rings (SSSR count). The van der Waals surface area contributed by atoms with Crippen LogP contribution in [0.2, 0.25) is 0 Å². The third-order valence-electron chi connectivity index (χ3n) is 7.96. The number of halogens is 3. The molecular weight excluding hydrogens is 573 g/mol. The zero-order valence-electron chi connectivity index (χ0n) is 24.2. The van der Waals surface area contributed by atoms with E-state index in [2.05, 4.69) is 14.9 Å². The van der Waals surface area contributed by atoms with Gasteiger partial charge in [0, 0.05) is 26.2 Å². The van der Waals surface area contributed by atoms with Crippen LogP contribution in [0.1, 0.15) is 35.4 Å². The van der Waals surface area contributed by atoms with Crippen molar-refractivity contribution >= 4 is 11.0 Å². The van der Waals surface area contributed by atoms with Gasteiger partial charge >= 0.3 is 6.18 Å². The highest BCUT2D eigenvalue weighted by Gasteiger charge is 2.42. The SMILES string of the molecule is CCc1cc2c(=O)c(Oc3cnn(-c4ccccc4)c3)c(C(F)(F)F)oc2c([C@@H](c2ccccc2)N2CCN(C)CC2)c1O. The normalized spacial score (nSPS) is 15.5. The number of aryl methyl sites for hydroxylation is 1. The van der Waals surface area contributed by atoms with Gasteiger partial charge in [0.15, 0.2) is 5.75 Å². The molecule has 1 fully saturated rings. The van der Waals surface area contributed by atoms with Crippen molar-refractivity contribution in [2.75, 3.05) is 33.2 Å². The standard InChI is InChI=1S/C33H31F3N4O4/c1-3-21-18-25-29(42)31(43-24-19-37-40(20-24)23-12-8-5-9-13-23)32(33(34,35)36)44-30(25)26(28(21)41)27(22-10-6-4-7-11-22)39-16-14-38(2)15-17-39/h4-13,18-20,27,41H,3,14-17H2,1-2H3/t27-/m1/s1. The highest BCUT2D eigenvalue weighted by atomic mass is 19.4. The largest absolute Gasteiger partial charge is 0.507 e. The summed E-state index contributed by atoms with van der Waals surface area (Å²) in [7, 11) is 2.00. The van der Waals surface area contributed by atoms with E-state index in [1.807, 2.05) is 43.4 Å². The molecule has 0 spiro atoms. The molecule has 1 aliphatic rings. The lowest BCUT2D eigenvalue weighted by Gasteiger charge is -2.39. The van der Waals surface area contributed by atoms with Gasteiger partial charge in [-0.3, -0.25) is 9.69 Å². The van der Waals surface area contributed by atoms with E-state index >= 15 is 0 Å². The first kappa shape index (κ1) is 29.5. The minimum Gasteiger partial charge on any atom is -0.507 e. The molecule has 1 atom stereocenters. The molecule has 3 heterocycles. The molecule has 1 N–H and O–H groups in total. The average molecular weight is 605 g/mol. The molecule has 3 aromatic carbocycles. The number of hydrogen-bond donors (Lipinski definition) is 1. The van der Waals surface area contributed by atoms with Crippen LogP contribution in [0.15, 0.2) is 88.3 Å². The Balaban J connectivity index is 1.57. The molecule has 0 amide bonds. The number of nitrogens with zero attached hydrogens (tertiary/aromatic N) is 4. The zero-order valence-corrected chi connectivity index (χ0v) is 24.2. The molecule has 0 aliphatic carbocycles. The van der Waals surface area contributed by atoms with Crippen LogP contribution in [0.5, 0.6) is 17.2 Å². The number of rotatable bonds is 7. The van der Waals surface area contributed by atoms with Gasteiger partial charge in [0.05, 0.1) is 35.1 Å². The number of aromatic hydroxyl groups is 1. The monoisotopic (exact) mass is 604 g/mol. The van der Waals surface area contributed by atoms with Crippen LogP contribution < -0.4 is 10.2 Å². The third-order valence-corrected chi connectivity index (χ3v) is 7.96. The van der Waals surface area contributed by atoms with E-state index in [9.17, 15) is 23.1 Å². The minimum absolute atomic E-state index is 0.0691. The second-order valence-electron chi connectivity index (χ2n) is 10.8. The van der Waals surface area contributed by atoms with Gasteiger partial charge in [-0.15, -0.1) is 0 Å². The summed E-state index contributed by atoms with van der Waals surface area (Å²) in [5.41, 5.74) is 0.641. The highest BCUT2D eigenvalue weighted by molar-refractivity contribution is 5.86. The fraction of sp³-hybridized carbons (Fsp3) is 0.273. The van der Waals surface area contributed by atoms with Crippen molar-refractivity contribution in [1.29, 1.82) is 0 Å².